The molecule has 168 valence electrons. The molecule has 32 heavy (non-hydrogen) atoms. The lowest BCUT2D eigenvalue weighted by molar-refractivity contribution is -0.132. The largest absolute Gasteiger partial charge is 0.342 e. The van der Waals surface area contributed by atoms with Crippen LogP contribution in [0, 0.1) is 0 Å². The summed E-state index contributed by atoms with van der Waals surface area (Å²) in [7, 11) is 0. The number of likely N-dealkylation sites (tertiary alicyclic amines) is 1. The molecule has 2 aliphatic rings. The van der Waals surface area contributed by atoms with E-state index in [0.717, 1.165) is 52.1 Å². The highest BCUT2D eigenvalue weighted by Gasteiger charge is 2.24. The van der Waals surface area contributed by atoms with Gasteiger partial charge >= 0.3 is 0 Å². The maximum Gasteiger partial charge on any atom is 0.238 e. The second-order valence-corrected chi connectivity index (χ2v) is 8.43. The number of hydrogen-bond acceptors (Lipinski definition) is 5. The first-order valence-corrected chi connectivity index (χ1v) is 11.3. The Morgan fingerprint density at radius 1 is 0.719 bits per heavy atom. The van der Waals surface area contributed by atoms with Crippen molar-refractivity contribution in [1.29, 1.82) is 0 Å². The van der Waals surface area contributed by atoms with Crippen LogP contribution in [0.3, 0.4) is 0 Å². The molecule has 0 atom stereocenters. The Hall–Kier alpha value is -3.03. The molecule has 0 spiro atoms. The summed E-state index contributed by atoms with van der Waals surface area (Å²) in [6, 6.07) is 16.2. The van der Waals surface area contributed by atoms with Crippen LogP contribution >= 0.6 is 0 Å². The number of rotatable bonds is 7. The van der Waals surface area contributed by atoms with Crippen molar-refractivity contribution in [2.45, 2.75) is 12.8 Å². The van der Waals surface area contributed by atoms with Crippen molar-refractivity contribution in [1.82, 2.24) is 14.7 Å². The van der Waals surface area contributed by atoms with Gasteiger partial charge in [0.1, 0.15) is 0 Å². The van der Waals surface area contributed by atoms with Gasteiger partial charge in [-0.25, -0.2) is 0 Å². The Labute approximate surface area is 189 Å². The molecule has 2 aliphatic heterocycles. The van der Waals surface area contributed by atoms with Gasteiger partial charge in [0.05, 0.1) is 18.8 Å². The molecule has 7 nitrogen and oxygen atoms in total. The van der Waals surface area contributed by atoms with Crippen LogP contribution in [-0.2, 0) is 9.59 Å². The summed E-state index contributed by atoms with van der Waals surface area (Å²) < 4.78 is 0. The van der Waals surface area contributed by atoms with Crippen molar-refractivity contribution in [3.8, 4) is 0 Å². The van der Waals surface area contributed by atoms with Crippen molar-refractivity contribution in [2.75, 3.05) is 57.7 Å². The average Bonchev–Trinajstić information content (AvgIpc) is 3.36. The minimum Gasteiger partial charge on any atom is -0.342 e. The van der Waals surface area contributed by atoms with Gasteiger partial charge in [-0.2, -0.15) is 0 Å². The van der Waals surface area contributed by atoms with Crippen molar-refractivity contribution in [2.24, 2.45) is 0 Å². The fourth-order valence-corrected chi connectivity index (χ4v) is 4.29. The highest BCUT2D eigenvalue weighted by atomic mass is 16.2. The lowest BCUT2D eigenvalue weighted by atomic mass is 10.0. The second kappa shape index (κ2) is 10.5. The number of carbonyl (C=O) groups is 3. The van der Waals surface area contributed by atoms with E-state index in [2.05, 4.69) is 15.1 Å². The average molecular weight is 435 g/mol. The molecule has 2 aromatic carbocycles. The summed E-state index contributed by atoms with van der Waals surface area (Å²) in [6.45, 7) is 5.53. The molecular weight excluding hydrogens is 404 g/mol. The molecule has 2 aromatic rings. The molecule has 0 saturated carbocycles. The van der Waals surface area contributed by atoms with E-state index in [1.807, 2.05) is 29.2 Å². The van der Waals surface area contributed by atoms with E-state index >= 15 is 0 Å². The van der Waals surface area contributed by atoms with Crippen LogP contribution in [0.2, 0.25) is 0 Å². The number of carbonyl (C=O) groups excluding carboxylic acids is 3. The van der Waals surface area contributed by atoms with E-state index in [9.17, 15) is 14.4 Å². The van der Waals surface area contributed by atoms with E-state index < -0.39 is 0 Å². The molecule has 0 unspecified atom stereocenters. The maximum atomic E-state index is 12.9. The molecule has 2 amide bonds. The van der Waals surface area contributed by atoms with E-state index in [1.165, 1.54) is 0 Å². The number of ketones is 1. The highest BCUT2D eigenvalue weighted by molar-refractivity contribution is 6.13. The summed E-state index contributed by atoms with van der Waals surface area (Å²) in [4.78, 5) is 44.1. The van der Waals surface area contributed by atoms with Crippen LogP contribution in [0.1, 0.15) is 28.8 Å². The molecule has 2 heterocycles. The van der Waals surface area contributed by atoms with Gasteiger partial charge < -0.3 is 10.2 Å². The molecule has 2 saturated heterocycles. The lowest BCUT2D eigenvalue weighted by Crippen LogP contribution is -2.51. The predicted molar refractivity (Wildman–Crippen MR) is 124 cm³/mol. The minimum atomic E-state index is -0.139. The zero-order valence-corrected chi connectivity index (χ0v) is 18.3. The number of amides is 2. The molecule has 2 fully saturated rings. The van der Waals surface area contributed by atoms with Crippen LogP contribution in [0.4, 0.5) is 5.69 Å². The van der Waals surface area contributed by atoms with Crippen LogP contribution in [0.15, 0.2) is 54.6 Å². The first kappa shape index (κ1) is 22.2. The van der Waals surface area contributed by atoms with Gasteiger partial charge in [-0.05, 0) is 25.0 Å². The molecular formula is C25H30N4O3. The number of benzene rings is 2. The topological polar surface area (TPSA) is 73.0 Å². The lowest BCUT2D eigenvalue weighted by Gasteiger charge is -2.34. The smallest absolute Gasteiger partial charge is 0.238 e. The highest BCUT2D eigenvalue weighted by Crippen LogP contribution is 2.19. The first-order chi connectivity index (χ1) is 15.6. The molecule has 1 N–H and O–H groups in total. The van der Waals surface area contributed by atoms with Crippen LogP contribution < -0.4 is 5.32 Å². The summed E-state index contributed by atoms with van der Waals surface area (Å²) in [5.41, 5.74) is 1.60. The standard InChI is InChI=1S/C25H30N4O3/c30-23(18-27-14-16-28(17-15-27)19-24(31)29-12-6-7-13-29)26-22-11-5-4-10-21(22)25(32)20-8-2-1-3-9-20/h1-5,8-11H,6-7,12-19H2,(H,26,30). The van der Waals surface area contributed by atoms with Crippen molar-refractivity contribution < 1.29 is 14.4 Å². The normalized spacial score (nSPS) is 17.3. The van der Waals surface area contributed by atoms with Gasteiger partial charge in [-0.3, -0.25) is 24.2 Å². The summed E-state index contributed by atoms with van der Waals surface area (Å²) >= 11 is 0. The maximum absolute atomic E-state index is 12.9. The van der Waals surface area contributed by atoms with Gasteiger partial charge in [-0.15, -0.1) is 0 Å². The molecule has 7 heteroatoms. The monoisotopic (exact) mass is 434 g/mol. The van der Waals surface area contributed by atoms with Crippen LogP contribution in [0.25, 0.3) is 0 Å². The third kappa shape index (κ3) is 5.60. The van der Waals surface area contributed by atoms with Gasteiger partial charge in [-0.1, -0.05) is 42.5 Å². The van der Waals surface area contributed by atoms with Crippen LogP contribution in [-0.4, -0.2) is 84.7 Å². The van der Waals surface area contributed by atoms with E-state index in [1.54, 1.807) is 30.3 Å². The third-order valence-corrected chi connectivity index (χ3v) is 6.13. The predicted octanol–water partition coefficient (Wildman–Crippen LogP) is 2.10. The number of hydrogen-bond donors (Lipinski definition) is 1. The zero-order chi connectivity index (χ0) is 22.3. The Kier molecular flexibility index (Phi) is 7.29. The van der Waals surface area contributed by atoms with Crippen LogP contribution in [0.5, 0.6) is 0 Å². The van der Waals surface area contributed by atoms with Gasteiger partial charge in [0.2, 0.25) is 11.8 Å². The molecule has 0 aromatic heterocycles. The second-order valence-electron chi connectivity index (χ2n) is 8.43. The summed E-state index contributed by atoms with van der Waals surface area (Å²) in [5.74, 6) is -0.0360. The zero-order valence-electron chi connectivity index (χ0n) is 18.3. The summed E-state index contributed by atoms with van der Waals surface area (Å²) in [6.07, 6.45) is 2.21. The van der Waals surface area contributed by atoms with Crippen molar-refractivity contribution in [3.05, 3.63) is 65.7 Å². The van der Waals surface area contributed by atoms with E-state index in [0.29, 0.717) is 23.4 Å². The van der Waals surface area contributed by atoms with E-state index in [-0.39, 0.29) is 24.1 Å². The van der Waals surface area contributed by atoms with Gasteiger partial charge in [0, 0.05) is 50.4 Å². The minimum absolute atomic E-state index is 0.113. The fourth-order valence-electron chi connectivity index (χ4n) is 4.29. The van der Waals surface area contributed by atoms with Gasteiger partial charge in [0.15, 0.2) is 5.78 Å². The molecule has 0 aliphatic carbocycles. The molecule has 0 radical (unpaired) electrons. The number of nitrogens with zero attached hydrogens (tertiary/aromatic N) is 3. The number of anilines is 1. The quantitative estimate of drug-likeness (QED) is 0.676. The molecule has 4 rings (SSSR count). The number of nitrogens with one attached hydrogen (secondary N) is 1. The first-order valence-electron chi connectivity index (χ1n) is 11.3. The summed E-state index contributed by atoms with van der Waals surface area (Å²) in [5, 5.41) is 2.91. The number of piperazine rings is 1. The van der Waals surface area contributed by atoms with E-state index in [4.69, 9.17) is 0 Å². The fraction of sp³-hybridized carbons (Fsp3) is 0.400. The third-order valence-electron chi connectivity index (χ3n) is 6.13. The number of para-hydroxylation sites is 1. The Morgan fingerprint density at radius 3 is 2.00 bits per heavy atom. The Balaban J connectivity index is 1.28. The Morgan fingerprint density at radius 2 is 1.31 bits per heavy atom. The van der Waals surface area contributed by atoms with Crippen molar-refractivity contribution >= 4 is 23.3 Å². The molecule has 0 bridgehead atoms. The van der Waals surface area contributed by atoms with Gasteiger partial charge in [0.25, 0.3) is 0 Å². The Bertz CT molecular complexity index is 949. The SMILES string of the molecule is O=C(CN1CCN(CC(=O)N2CCCC2)CC1)Nc1ccccc1C(=O)c1ccccc1. The van der Waals surface area contributed by atoms with Crippen molar-refractivity contribution in [3.63, 3.8) is 0 Å².